The third-order valence-corrected chi connectivity index (χ3v) is 3.00. The van der Waals surface area contributed by atoms with Crippen LogP contribution in [0.15, 0.2) is 22.7 Å². The van der Waals surface area contributed by atoms with Gasteiger partial charge in [-0.25, -0.2) is 0 Å². The Balaban J connectivity index is 2.05. The molecule has 7 nitrogen and oxygen atoms in total. The summed E-state index contributed by atoms with van der Waals surface area (Å²) in [6.45, 7) is 4.10. The van der Waals surface area contributed by atoms with Gasteiger partial charge < -0.3 is 19.3 Å². The van der Waals surface area contributed by atoms with Crippen LogP contribution in [0.2, 0.25) is 0 Å². The summed E-state index contributed by atoms with van der Waals surface area (Å²) in [6, 6.07) is 4.96. The number of amides is 1. The number of carbonyl (C=O) groups excluding carboxylic acids is 1. The first-order valence-corrected chi connectivity index (χ1v) is 6.87. The molecule has 1 amide bonds. The molecule has 2 rings (SSSR count). The van der Waals surface area contributed by atoms with E-state index in [1.807, 2.05) is 13.8 Å². The topological polar surface area (TPSA) is 86.5 Å². The highest BCUT2D eigenvalue weighted by atomic mass is 16.5. The predicted octanol–water partition coefficient (Wildman–Crippen LogP) is 2.14. The van der Waals surface area contributed by atoms with Crippen LogP contribution in [0, 0.1) is 0 Å². The molecule has 0 spiro atoms. The Morgan fingerprint density at radius 3 is 2.36 bits per heavy atom. The van der Waals surface area contributed by atoms with Crippen molar-refractivity contribution in [1.29, 1.82) is 0 Å². The average Bonchev–Trinajstić information content (AvgIpc) is 3.01. The predicted molar refractivity (Wildman–Crippen MR) is 79.1 cm³/mol. The molecule has 0 aliphatic rings. The van der Waals surface area contributed by atoms with Crippen LogP contribution in [0.25, 0.3) is 0 Å². The fourth-order valence-corrected chi connectivity index (χ4v) is 1.77. The molecule has 7 heteroatoms. The molecule has 1 N–H and O–H groups in total. The van der Waals surface area contributed by atoms with E-state index in [2.05, 4.69) is 15.5 Å². The van der Waals surface area contributed by atoms with Crippen molar-refractivity contribution in [3.63, 3.8) is 0 Å². The zero-order chi connectivity index (χ0) is 16.1. The maximum absolute atomic E-state index is 12.2. The second-order valence-electron chi connectivity index (χ2n) is 4.99. The van der Waals surface area contributed by atoms with E-state index in [1.165, 1.54) is 14.2 Å². The van der Waals surface area contributed by atoms with Gasteiger partial charge in [0.1, 0.15) is 11.5 Å². The van der Waals surface area contributed by atoms with Crippen LogP contribution in [0.1, 0.15) is 41.8 Å². The van der Waals surface area contributed by atoms with E-state index >= 15 is 0 Å². The van der Waals surface area contributed by atoms with Crippen LogP contribution < -0.4 is 14.8 Å². The fourth-order valence-electron chi connectivity index (χ4n) is 1.77. The Bertz CT molecular complexity index is 630. The Labute approximate surface area is 128 Å². The van der Waals surface area contributed by atoms with Crippen molar-refractivity contribution < 1.29 is 18.8 Å². The van der Waals surface area contributed by atoms with Crippen LogP contribution in [-0.4, -0.2) is 30.3 Å². The summed E-state index contributed by atoms with van der Waals surface area (Å²) in [6.07, 6.45) is 0. The van der Waals surface area contributed by atoms with Gasteiger partial charge in [-0.3, -0.25) is 4.79 Å². The van der Waals surface area contributed by atoms with Gasteiger partial charge >= 0.3 is 0 Å². The van der Waals surface area contributed by atoms with E-state index in [1.54, 1.807) is 18.2 Å². The highest BCUT2D eigenvalue weighted by Gasteiger charge is 2.13. The zero-order valence-corrected chi connectivity index (χ0v) is 13.0. The molecule has 2 aromatic rings. The van der Waals surface area contributed by atoms with E-state index in [4.69, 9.17) is 14.0 Å². The molecule has 22 heavy (non-hydrogen) atoms. The van der Waals surface area contributed by atoms with Crippen molar-refractivity contribution in [2.75, 3.05) is 14.2 Å². The second-order valence-corrected chi connectivity index (χ2v) is 4.99. The number of benzene rings is 1. The standard InChI is InChI=1S/C15H19N3O4/c1-9(2)15-17-13(18-22-15)8-16-14(19)10-5-11(20-3)7-12(6-10)21-4/h5-7,9H,8H2,1-4H3,(H,16,19). The number of hydrogen-bond donors (Lipinski definition) is 1. The summed E-state index contributed by atoms with van der Waals surface area (Å²) < 4.78 is 15.4. The van der Waals surface area contributed by atoms with Gasteiger partial charge in [0.15, 0.2) is 5.82 Å². The Hall–Kier alpha value is -2.57. The van der Waals surface area contributed by atoms with E-state index in [-0.39, 0.29) is 18.4 Å². The molecule has 1 heterocycles. The molecule has 1 aromatic carbocycles. The van der Waals surface area contributed by atoms with Gasteiger partial charge in [-0.1, -0.05) is 19.0 Å². The van der Waals surface area contributed by atoms with E-state index in [9.17, 15) is 4.79 Å². The average molecular weight is 305 g/mol. The van der Waals surface area contributed by atoms with E-state index in [0.29, 0.717) is 28.8 Å². The Morgan fingerprint density at radius 1 is 1.23 bits per heavy atom. The van der Waals surface area contributed by atoms with E-state index in [0.717, 1.165) is 0 Å². The minimum atomic E-state index is -0.270. The lowest BCUT2D eigenvalue weighted by molar-refractivity contribution is 0.0949. The molecule has 0 bridgehead atoms. The van der Waals surface area contributed by atoms with Gasteiger partial charge in [-0.05, 0) is 12.1 Å². The van der Waals surface area contributed by atoms with Crippen LogP contribution in [-0.2, 0) is 6.54 Å². The van der Waals surface area contributed by atoms with Gasteiger partial charge in [0.2, 0.25) is 5.89 Å². The minimum Gasteiger partial charge on any atom is -0.497 e. The summed E-state index contributed by atoms with van der Waals surface area (Å²) in [5.41, 5.74) is 0.434. The van der Waals surface area contributed by atoms with Crippen LogP contribution in [0.3, 0.4) is 0 Å². The van der Waals surface area contributed by atoms with Crippen molar-refractivity contribution >= 4 is 5.91 Å². The molecule has 0 saturated carbocycles. The molecule has 0 atom stereocenters. The lowest BCUT2D eigenvalue weighted by atomic mass is 10.2. The normalized spacial score (nSPS) is 10.6. The van der Waals surface area contributed by atoms with Gasteiger partial charge in [0.25, 0.3) is 5.91 Å². The molecule has 1 aromatic heterocycles. The summed E-state index contributed by atoms with van der Waals surface area (Å²) in [5, 5.41) is 6.56. The van der Waals surface area contributed by atoms with Crippen molar-refractivity contribution in [3.05, 3.63) is 35.5 Å². The number of nitrogens with one attached hydrogen (secondary N) is 1. The van der Waals surface area contributed by atoms with Gasteiger partial charge in [-0.2, -0.15) is 4.98 Å². The number of rotatable bonds is 6. The molecule has 0 saturated heterocycles. The minimum absolute atomic E-state index is 0.152. The summed E-state index contributed by atoms with van der Waals surface area (Å²) in [4.78, 5) is 16.4. The first kappa shape index (κ1) is 15.8. The Kier molecular flexibility index (Phi) is 4.98. The van der Waals surface area contributed by atoms with Crippen molar-refractivity contribution in [2.45, 2.75) is 26.3 Å². The second kappa shape index (κ2) is 6.93. The lowest BCUT2D eigenvalue weighted by Crippen LogP contribution is -2.23. The van der Waals surface area contributed by atoms with Crippen LogP contribution >= 0.6 is 0 Å². The highest BCUT2D eigenvalue weighted by molar-refractivity contribution is 5.95. The number of hydrogen-bond acceptors (Lipinski definition) is 6. The van der Waals surface area contributed by atoms with Crippen molar-refractivity contribution in [2.24, 2.45) is 0 Å². The van der Waals surface area contributed by atoms with Crippen LogP contribution in [0.5, 0.6) is 11.5 Å². The van der Waals surface area contributed by atoms with Crippen molar-refractivity contribution in [1.82, 2.24) is 15.5 Å². The Morgan fingerprint density at radius 2 is 1.86 bits per heavy atom. The number of aromatic nitrogens is 2. The zero-order valence-electron chi connectivity index (χ0n) is 13.0. The van der Waals surface area contributed by atoms with E-state index < -0.39 is 0 Å². The molecular weight excluding hydrogens is 286 g/mol. The molecule has 0 radical (unpaired) electrons. The number of ether oxygens (including phenoxy) is 2. The maximum atomic E-state index is 12.2. The lowest BCUT2D eigenvalue weighted by Gasteiger charge is -2.08. The number of nitrogens with zero attached hydrogens (tertiary/aromatic N) is 2. The summed E-state index contributed by atoms with van der Waals surface area (Å²) in [5.74, 6) is 1.96. The number of carbonyl (C=O) groups is 1. The highest BCUT2D eigenvalue weighted by Crippen LogP contribution is 2.22. The third-order valence-electron chi connectivity index (χ3n) is 3.00. The van der Waals surface area contributed by atoms with Gasteiger partial charge in [-0.15, -0.1) is 0 Å². The van der Waals surface area contributed by atoms with Crippen molar-refractivity contribution in [3.8, 4) is 11.5 Å². The van der Waals surface area contributed by atoms with Gasteiger partial charge in [0.05, 0.1) is 20.8 Å². The maximum Gasteiger partial charge on any atom is 0.251 e. The van der Waals surface area contributed by atoms with Crippen LogP contribution in [0.4, 0.5) is 0 Å². The first-order valence-electron chi connectivity index (χ1n) is 6.87. The fraction of sp³-hybridized carbons (Fsp3) is 0.400. The first-order chi connectivity index (χ1) is 10.5. The SMILES string of the molecule is COc1cc(OC)cc(C(=O)NCc2noc(C(C)C)n2)c1. The largest absolute Gasteiger partial charge is 0.497 e. The molecular formula is C15H19N3O4. The smallest absolute Gasteiger partial charge is 0.251 e. The molecule has 0 aliphatic heterocycles. The quantitative estimate of drug-likeness (QED) is 0.880. The monoisotopic (exact) mass is 305 g/mol. The number of methoxy groups -OCH3 is 2. The summed E-state index contributed by atoms with van der Waals surface area (Å²) >= 11 is 0. The third kappa shape index (κ3) is 3.75. The van der Waals surface area contributed by atoms with Gasteiger partial charge in [0, 0.05) is 17.5 Å². The molecule has 0 unspecified atom stereocenters. The summed E-state index contributed by atoms with van der Waals surface area (Å²) in [7, 11) is 3.06. The molecule has 0 aliphatic carbocycles. The molecule has 0 fully saturated rings. The molecule has 118 valence electrons.